The van der Waals surface area contributed by atoms with Crippen LogP contribution in [0.3, 0.4) is 0 Å². The number of hydrogen-bond donors (Lipinski definition) is 1. The first kappa shape index (κ1) is 20.1. The molecule has 1 aromatic heterocycles. The molecule has 1 heterocycles. The number of thioether (sulfide) groups is 1. The van der Waals surface area contributed by atoms with Gasteiger partial charge in [0, 0.05) is 18.3 Å². The minimum absolute atomic E-state index is 0.0913. The highest BCUT2D eigenvalue weighted by Crippen LogP contribution is 2.28. The van der Waals surface area contributed by atoms with Gasteiger partial charge in [0.25, 0.3) is 0 Å². The molecular weight excluding hydrogens is 375 g/mol. The summed E-state index contributed by atoms with van der Waals surface area (Å²) in [5.74, 6) is 0.235. The van der Waals surface area contributed by atoms with Gasteiger partial charge in [0.2, 0.25) is 5.91 Å². The van der Waals surface area contributed by atoms with Gasteiger partial charge in [0.1, 0.15) is 5.82 Å². The molecule has 146 valence electrons. The third-order valence-corrected chi connectivity index (χ3v) is 5.65. The number of aryl methyl sites for hydroxylation is 3. The van der Waals surface area contributed by atoms with Crippen molar-refractivity contribution in [1.82, 2.24) is 14.8 Å². The summed E-state index contributed by atoms with van der Waals surface area (Å²) in [5, 5.41) is 11.7. The molecule has 0 aliphatic heterocycles. The zero-order chi connectivity index (χ0) is 20.4. The number of nitrogens with one attached hydrogen (secondary N) is 1. The topological polar surface area (TPSA) is 59.8 Å². The molecule has 1 N–H and O–H groups in total. The highest BCUT2D eigenvalue weighted by atomic mass is 32.2. The van der Waals surface area contributed by atoms with Crippen molar-refractivity contribution in [3.63, 3.8) is 0 Å². The van der Waals surface area contributed by atoms with Crippen LogP contribution in [0, 0.1) is 26.6 Å². The summed E-state index contributed by atoms with van der Waals surface area (Å²) in [6, 6.07) is 10.2. The SMILES string of the molecule is Cc1cc(C)c(NC(=O)[C@H](C)Sc2nnc(-c3ccc(F)cc3)n2C)c(C)c1. The number of anilines is 1. The highest BCUT2D eigenvalue weighted by Gasteiger charge is 2.20. The predicted octanol–water partition coefficient (Wildman–Crippen LogP) is 4.67. The molecular formula is C21H23FN4OS. The number of aromatic nitrogens is 3. The fourth-order valence-electron chi connectivity index (χ4n) is 3.08. The maximum Gasteiger partial charge on any atom is 0.237 e. The molecule has 7 heteroatoms. The fraction of sp³-hybridized carbons (Fsp3) is 0.286. The summed E-state index contributed by atoms with van der Waals surface area (Å²) >= 11 is 1.33. The molecule has 28 heavy (non-hydrogen) atoms. The third kappa shape index (κ3) is 4.25. The molecule has 0 saturated carbocycles. The number of benzene rings is 2. The molecule has 0 radical (unpaired) electrons. The maximum atomic E-state index is 13.1. The van der Waals surface area contributed by atoms with Gasteiger partial charge >= 0.3 is 0 Å². The Kier molecular flexibility index (Phi) is 5.84. The van der Waals surface area contributed by atoms with E-state index in [-0.39, 0.29) is 17.0 Å². The molecule has 1 amide bonds. The van der Waals surface area contributed by atoms with E-state index >= 15 is 0 Å². The maximum absolute atomic E-state index is 13.1. The van der Waals surface area contributed by atoms with Crippen molar-refractivity contribution in [2.45, 2.75) is 38.1 Å². The molecule has 3 rings (SSSR count). The van der Waals surface area contributed by atoms with Crippen LogP contribution in [0.5, 0.6) is 0 Å². The van der Waals surface area contributed by atoms with E-state index in [0.717, 1.165) is 22.4 Å². The Balaban J connectivity index is 1.74. The molecule has 0 aliphatic carbocycles. The first-order valence-corrected chi connectivity index (χ1v) is 9.85. The predicted molar refractivity (Wildman–Crippen MR) is 111 cm³/mol. The smallest absolute Gasteiger partial charge is 0.237 e. The molecule has 0 bridgehead atoms. The van der Waals surface area contributed by atoms with E-state index in [1.807, 2.05) is 39.3 Å². The second-order valence-electron chi connectivity index (χ2n) is 6.90. The lowest BCUT2D eigenvalue weighted by Crippen LogP contribution is -2.23. The lowest BCUT2D eigenvalue weighted by atomic mass is 10.1. The second kappa shape index (κ2) is 8.14. The van der Waals surface area contributed by atoms with Crippen LogP contribution in [0.25, 0.3) is 11.4 Å². The summed E-state index contributed by atoms with van der Waals surface area (Å²) in [7, 11) is 1.83. The van der Waals surface area contributed by atoms with Crippen LogP contribution in [0.1, 0.15) is 23.6 Å². The Bertz CT molecular complexity index is 991. The Morgan fingerprint density at radius 3 is 2.32 bits per heavy atom. The molecule has 0 fully saturated rings. The number of halogens is 1. The van der Waals surface area contributed by atoms with Crippen molar-refractivity contribution in [1.29, 1.82) is 0 Å². The van der Waals surface area contributed by atoms with Gasteiger partial charge in [-0.3, -0.25) is 4.79 Å². The van der Waals surface area contributed by atoms with E-state index in [0.29, 0.717) is 11.0 Å². The molecule has 0 spiro atoms. The van der Waals surface area contributed by atoms with Crippen LogP contribution >= 0.6 is 11.8 Å². The van der Waals surface area contributed by atoms with Crippen LogP contribution in [-0.2, 0) is 11.8 Å². The van der Waals surface area contributed by atoms with Crippen molar-refractivity contribution in [3.8, 4) is 11.4 Å². The first-order valence-electron chi connectivity index (χ1n) is 8.97. The van der Waals surface area contributed by atoms with E-state index in [4.69, 9.17) is 0 Å². The van der Waals surface area contributed by atoms with Crippen molar-refractivity contribution in [2.75, 3.05) is 5.32 Å². The molecule has 0 aliphatic rings. The van der Waals surface area contributed by atoms with Gasteiger partial charge in [0.05, 0.1) is 5.25 Å². The normalized spacial score (nSPS) is 12.1. The summed E-state index contributed by atoms with van der Waals surface area (Å²) in [6.45, 7) is 7.86. The van der Waals surface area contributed by atoms with Crippen LogP contribution in [0.15, 0.2) is 41.6 Å². The van der Waals surface area contributed by atoms with Crippen molar-refractivity contribution < 1.29 is 9.18 Å². The third-order valence-electron chi connectivity index (χ3n) is 4.51. The first-order chi connectivity index (χ1) is 13.3. The van der Waals surface area contributed by atoms with Crippen LogP contribution in [0.4, 0.5) is 10.1 Å². The molecule has 1 atom stereocenters. The Labute approximate surface area is 168 Å². The van der Waals surface area contributed by atoms with Crippen LogP contribution in [-0.4, -0.2) is 25.9 Å². The molecule has 0 saturated heterocycles. The number of carbonyl (C=O) groups excluding carboxylic acids is 1. The fourth-order valence-corrected chi connectivity index (χ4v) is 3.90. The van der Waals surface area contributed by atoms with Crippen molar-refractivity contribution in [2.24, 2.45) is 7.05 Å². The zero-order valence-electron chi connectivity index (χ0n) is 16.6. The Morgan fingerprint density at radius 2 is 1.71 bits per heavy atom. The van der Waals surface area contributed by atoms with E-state index in [9.17, 15) is 9.18 Å². The second-order valence-corrected chi connectivity index (χ2v) is 8.20. The molecule has 5 nitrogen and oxygen atoms in total. The summed E-state index contributed by atoms with van der Waals surface area (Å²) in [5.41, 5.74) is 4.88. The lowest BCUT2D eigenvalue weighted by Gasteiger charge is -2.16. The average molecular weight is 399 g/mol. The van der Waals surface area contributed by atoms with E-state index in [1.165, 1.54) is 29.5 Å². The van der Waals surface area contributed by atoms with E-state index in [1.54, 1.807) is 12.1 Å². The van der Waals surface area contributed by atoms with Crippen molar-refractivity contribution >= 4 is 23.4 Å². The molecule has 0 unspecified atom stereocenters. The Morgan fingerprint density at radius 1 is 1.11 bits per heavy atom. The summed E-state index contributed by atoms with van der Waals surface area (Å²) < 4.78 is 14.9. The summed E-state index contributed by atoms with van der Waals surface area (Å²) in [6.07, 6.45) is 0. The van der Waals surface area contributed by atoms with Gasteiger partial charge in [-0.2, -0.15) is 0 Å². The zero-order valence-corrected chi connectivity index (χ0v) is 17.4. The van der Waals surface area contributed by atoms with Gasteiger partial charge in [-0.1, -0.05) is 29.5 Å². The van der Waals surface area contributed by atoms with Gasteiger partial charge in [0.15, 0.2) is 11.0 Å². The molecule has 2 aromatic carbocycles. The minimum Gasteiger partial charge on any atom is -0.325 e. The number of amides is 1. The standard InChI is InChI=1S/C21H23FN4OS/c1-12-10-13(2)18(14(3)11-12)23-20(27)15(4)28-21-25-24-19(26(21)5)16-6-8-17(22)9-7-16/h6-11,15H,1-5H3,(H,23,27)/t15-/m0/s1. The number of nitrogens with zero attached hydrogens (tertiary/aromatic N) is 3. The minimum atomic E-state index is -0.357. The monoisotopic (exact) mass is 398 g/mol. The average Bonchev–Trinajstić information content (AvgIpc) is 2.99. The highest BCUT2D eigenvalue weighted by molar-refractivity contribution is 8.00. The van der Waals surface area contributed by atoms with E-state index < -0.39 is 0 Å². The van der Waals surface area contributed by atoms with Crippen LogP contribution < -0.4 is 5.32 Å². The van der Waals surface area contributed by atoms with Crippen molar-refractivity contribution in [3.05, 3.63) is 58.9 Å². The van der Waals surface area contributed by atoms with Gasteiger partial charge in [-0.15, -0.1) is 10.2 Å². The van der Waals surface area contributed by atoms with Crippen LogP contribution in [0.2, 0.25) is 0 Å². The van der Waals surface area contributed by atoms with Gasteiger partial charge < -0.3 is 9.88 Å². The lowest BCUT2D eigenvalue weighted by molar-refractivity contribution is -0.115. The Hall–Kier alpha value is -2.67. The summed E-state index contributed by atoms with van der Waals surface area (Å²) in [4.78, 5) is 12.7. The molecule has 3 aromatic rings. The number of carbonyl (C=O) groups is 1. The van der Waals surface area contributed by atoms with E-state index in [2.05, 4.69) is 27.6 Å². The van der Waals surface area contributed by atoms with Gasteiger partial charge in [-0.05, 0) is 63.1 Å². The quantitative estimate of drug-likeness (QED) is 0.635. The number of hydrogen-bond acceptors (Lipinski definition) is 4. The largest absolute Gasteiger partial charge is 0.325 e. The van der Waals surface area contributed by atoms with Gasteiger partial charge in [-0.25, -0.2) is 4.39 Å². The number of rotatable bonds is 5.